The molecule has 2 heterocycles. The Labute approximate surface area is 140 Å². The molecule has 6 heteroatoms. The van der Waals surface area contributed by atoms with E-state index in [4.69, 9.17) is 0 Å². The van der Waals surface area contributed by atoms with Crippen molar-refractivity contribution in [3.8, 4) is 11.3 Å². The van der Waals surface area contributed by atoms with Crippen LogP contribution in [0.4, 0.5) is 0 Å². The minimum Gasteiger partial charge on any atom is -0.355 e. The predicted octanol–water partition coefficient (Wildman–Crippen LogP) is 2.25. The van der Waals surface area contributed by atoms with Gasteiger partial charge in [-0.25, -0.2) is 4.98 Å². The first-order valence-electron chi connectivity index (χ1n) is 8.13. The van der Waals surface area contributed by atoms with Gasteiger partial charge in [0.2, 0.25) is 5.91 Å². The lowest BCUT2D eigenvalue weighted by Gasteiger charge is -2.05. The summed E-state index contributed by atoms with van der Waals surface area (Å²) in [5, 5.41) is 9.34. The third-order valence-corrected chi connectivity index (χ3v) is 4.74. The van der Waals surface area contributed by atoms with Gasteiger partial charge in [0.25, 0.3) is 0 Å². The summed E-state index contributed by atoms with van der Waals surface area (Å²) in [5.41, 5.74) is 2.10. The molecule has 0 atom stereocenters. The fourth-order valence-electron chi connectivity index (χ4n) is 2.32. The van der Waals surface area contributed by atoms with Crippen LogP contribution >= 0.6 is 11.3 Å². The van der Waals surface area contributed by atoms with Crippen LogP contribution in [0.25, 0.3) is 11.3 Å². The molecule has 1 fully saturated rings. The monoisotopic (exact) mass is 330 g/mol. The second-order valence-corrected chi connectivity index (χ2v) is 6.83. The maximum Gasteiger partial charge on any atom is 0.233 e. The van der Waals surface area contributed by atoms with Crippen LogP contribution in [0, 0.1) is 5.92 Å². The summed E-state index contributed by atoms with van der Waals surface area (Å²) < 4.78 is 0. The van der Waals surface area contributed by atoms with E-state index in [0.717, 1.165) is 41.6 Å². The molecule has 2 aromatic rings. The Hall–Kier alpha value is -1.79. The Morgan fingerprint density at radius 1 is 1.30 bits per heavy atom. The van der Waals surface area contributed by atoms with Gasteiger partial charge in [-0.3, -0.25) is 9.78 Å². The summed E-state index contributed by atoms with van der Waals surface area (Å²) in [6.45, 7) is 2.11. The molecular formula is C17H22N4OS. The maximum atomic E-state index is 11.7. The van der Waals surface area contributed by atoms with E-state index in [1.165, 1.54) is 12.8 Å². The lowest BCUT2D eigenvalue weighted by atomic mass is 10.2. The van der Waals surface area contributed by atoms with Crippen LogP contribution in [0.5, 0.6) is 0 Å². The molecule has 1 amide bonds. The van der Waals surface area contributed by atoms with Gasteiger partial charge in [-0.15, -0.1) is 11.3 Å². The van der Waals surface area contributed by atoms with Gasteiger partial charge in [-0.2, -0.15) is 0 Å². The quantitative estimate of drug-likeness (QED) is 0.692. The molecule has 0 bridgehead atoms. The lowest BCUT2D eigenvalue weighted by Crippen LogP contribution is -2.35. The van der Waals surface area contributed by atoms with Gasteiger partial charge in [0.15, 0.2) is 0 Å². The number of hydrogen-bond acceptors (Lipinski definition) is 5. The van der Waals surface area contributed by atoms with Gasteiger partial charge < -0.3 is 10.6 Å². The van der Waals surface area contributed by atoms with Crippen LogP contribution < -0.4 is 10.6 Å². The molecule has 2 aromatic heterocycles. The highest BCUT2D eigenvalue weighted by atomic mass is 32.1. The van der Waals surface area contributed by atoms with Crippen molar-refractivity contribution in [1.29, 1.82) is 0 Å². The van der Waals surface area contributed by atoms with Crippen molar-refractivity contribution in [2.75, 3.05) is 19.6 Å². The summed E-state index contributed by atoms with van der Waals surface area (Å²) in [4.78, 5) is 20.3. The van der Waals surface area contributed by atoms with E-state index in [1.807, 2.05) is 12.1 Å². The number of carbonyl (C=O) groups is 1. The number of aryl methyl sites for hydroxylation is 1. The Bertz CT molecular complexity index is 625. The molecule has 3 rings (SSSR count). The molecule has 0 spiro atoms. The number of carbonyl (C=O) groups excluding carboxylic acids is 1. The Kier molecular flexibility index (Phi) is 5.71. The zero-order chi connectivity index (χ0) is 15.9. The van der Waals surface area contributed by atoms with E-state index in [2.05, 4.69) is 26.0 Å². The number of aromatic nitrogens is 2. The summed E-state index contributed by atoms with van der Waals surface area (Å²) in [6, 6.07) is 3.93. The molecule has 0 unspecified atom stereocenters. The van der Waals surface area contributed by atoms with Crippen LogP contribution in [0.15, 0.2) is 29.9 Å². The third kappa shape index (κ3) is 5.41. The van der Waals surface area contributed by atoms with Gasteiger partial charge in [0.1, 0.15) is 0 Å². The van der Waals surface area contributed by atoms with Gasteiger partial charge in [-0.05, 0) is 43.9 Å². The molecular weight excluding hydrogens is 308 g/mol. The second kappa shape index (κ2) is 8.17. The van der Waals surface area contributed by atoms with Crippen molar-refractivity contribution in [3.63, 3.8) is 0 Å². The molecule has 1 saturated carbocycles. The van der Waals surface area contributed by atoms with Gasteiger partial charge in [0, 0.05) is 36.3 Å². The summed E-state index contributed by atoms with van der Waals surface area (Å²) in [5.74, 6) is 0.893. The molecule has 122 valence electrons. The van der Waals surface area contributed by atoms with E-state index in [0.29, 0.717) is 13.1 Å². The minimum absolute atomic E-state index is 0.0854. The first-order chi connectivity index (χ1) is 11.3. The van der Waals surface area contributed by atoms with Crippen molar-refractivity contribution < 1.29 is 4.79 Å². The van der Waals surface area contributed by atoms with E-state index >= 15 is 0 Å². The standard InChI is InChI=1S/C17H22N4OS/c22-16(11-19-10-13-3-4-13)20-7-1-2-17-21-15(12-23-17)14-5-8-18-9-6-14/h5-6,8-9,12-13,19H,1-4,7,10-11H2,(H,20,22). The Morgan fingerprint density at radius 3 is 2.91 bits per heavy atom. The van der Waals surface area contributed by atoms with Crippen molar-refractivity contribution in [3.05, 3.63) is 34.9 Å². The van der Waals surface area contributed by atoms with Crippen molar-refractivity contribution in [2.24, 2.45) is 5.92 Å². The second-order valence-electron chi connectivity index (χ2n) is 5.89. The average Bonchev–Trinajstić information content (AvgIpc) is 3.28. The Balaban J connectivity index is 1.32. The van der Waals surface area contributed by atoms with Crippen LogP contribution in [-0.2, 0) is 11.2 Å². The van der Waals surface area contributed by atoms with Gasteiger partial charge in [0.05, 0.1) is 17.2 Å². The van der Waals surface area contributed by atoms with Crippen molar-refractivity contribution >= 4 is 17.2 Å². The highest BCUT2D eigenvalue weighted by molar-refractivity contribution is 7.09. The SMILES string of the molecule is O=C(CNCC1CC1)NCCCc1nc(-c2ccncc2)cs1. The molecule has 1 aliphatic carbocycles. The van der Waals surface area contributed by atoms with Gasteiger partial charge in [-0.1, -0.05) is 0 Å². The first-order valence-corrected chi connectivity index (χ1v) is 9.01. The number of pyridine rings is 1. The molecule has 0 aliphatic heterocycles. The first kappa shape index (κ1) is 16.1. The fraction of sp³-hybridized carbons (Fsp3) is 0.471. The van der Waals surface area contributed by atoms with Crippen LogP contribution in [0.2, 0.25) is 0 Å². The summed E-state index contributed by atoms with van der Waals surface area (Å²) in [6.07, 6.45) is 7.99. The zero-order valence-corrected chi connectivity index (χ0v) is 13.9. The summed E-state index contributed by atoms with van der Waals surface area (Å²) >= 11 is 1.67. The predicted molar refractivity (Wildman–Crippen MR) is 92.3 cm³/mol. The normalized spacial score (nSPS) is 13.9. The largest absolute Gasteiger partial charge is 0.355 e. The third-order valence-electron chi connectivity index (χ3n) is 3.83. The Morgan fingerprint density at radius 2 is 2.13 bits per heavy atom. The summed E-state index contributed by atoms with van der Waals surface area (Å²) in [7, 11) is 0. The van der Waals surface area contributed by atoms with Gasteiger partial charge >= 0.3 is 0 Å². The number of hydrogen-bond donors (Lipinski definition) is 2. The number of rotatable bonds is 9. The van der Waals surface area contributed by atoms with Crippen LogP contribution in [0.3, 0.4) is 0 Å². The highest BCUT2D eigenvalue weighted by Crippen LogP contribution is 2.27. The van der Waals surface area contributed by atoms with E-state index < -0.39 is 0 Å². The number of nitrogens with one attached hydrogen (secondary N) is 2. The van der Waals surface area contributed by atoms with E-state index in [-0.39, 0.29) is 5.91 Å². The molecule has 0 saturated heterocycles. The van der Waals surface area contributed by atoms with E-state index in [1.54, 1.807) is 23.7 Å². The van der Waals surface area contributed by atoms with E-state index in [9.17, 15) is 4.79 Å². The number of thiazole rings is 1. The molecule has 0 radical (unpaired) electrons. The molecule has 23 heavy (non-hydrogen) atoms. The topological polar surface area (TPSA) is 66.9 Å². The lowest BCUT2D eigenvalue weighted by molar-refractivity contribution is -0.120. The highest BCUT2D eigenvalue weighted by Gasteiger charge is 2.20. The fourth-order valence-corrected chi connectivity index (χ4v) is 3.17. The van der Waals surface area contributed by atoms with Crippen molar-refractivity contribution in [2.45, 2.75) is 25.7 Å². The zero-order valence-electron chi connectivity index (χ0n) is 13.1. The maximum absolute atomic E-state index is 11.7. The van der Waals surface area contributed by atoms with Crippen molar-refractivity contribution in [1.82, 2.24) is 20.6 Å². The minimum atomic E-state index is 0.0854. The molecule has 1 aliphatic rings. The molecule has 2 N–H and O–H groups in total. The average molecular weight is 330 g/mol. The smallest absolute Gasteiger partial charge is 0.233 e. The molecule has 0 aromatic carbocycles. The molecule has 5 nitrogen and oxygen atoms in total. The van der Waals surface area contributed by atoms with Crippen LogP contribution in [0.1, 0.15) is 24.3 Å². The number of nitrogens with zero attached hydrogens (tertiary/aromatic N) is 2. The number of amides is 1. The van der Waals surface area contributed by atoms with Crippen LogP contribution in [-0.4, -0.2) is 35.5 Å².